The van der Waals surface area contributed by atoms with Gasteiger partial charge in [0, 0.05) is 36.4 Å². The van der Waals surface area contributed by atoms with Gasteiger partial charge in [-0.2, -0.15) is 0 Å². The third-order valence-corrected chi connectivity index (χ3v) is 10.4. The van der Waals surface area contributed by atoms with Crippen LogP contribution in [0.2, 0.25) is 0 Å². The number of carbonyl (C=O) groups is 1. The number of sulfonamides is 1. The van der Waals surface area contributed by atoms with E-state index < -0.39 is 28.3 Å². The van der Waals surface area contributed by atoms with E-state index in [1.165, 1.54) is 17.8 Å². The van der Waals surface area contributed by atoms with Crippen molar-refractivity contribution in [3.63, 3.8) is 0 Å². The van der Waals surface area contributed by atoms with Crippen molar-refractivity contribution < 1.29 is 26.9 Å². The molecule has 0 radical (unpaired) electrons. The minimum atomic E-state index is -3.57. The van der Waals surface area contributed by atoms with Crippen molar-refractivity contribution in [1.82, 2.24) is 5.32 Å². The number of benzene rings is 1. The molecule has 10 heteroatoms. The van der Waals surface area contributed by atoms with Crippen molar-refractivity contribution in [2.45, 2.75) is 57.2 Å². The Kier molecular flexibility index (Phi) is 4.22. The molecule has 182 valence electrons. The minimum absolute atomic E-state index is 0.0288. The van der Waals surface area contributed by atoms with Crippen molar-refractivity contribution in [3.05, 3.63) is 23.5 Å². The number of anilines is 1. The van der Waals surface area contributed by atoms with Crippen molar-refractivity contribution in [2.75, 3.05) is 24.7 Å². The van der Waals surface area contributed by atoms with E-state index in [0.29, 0.717) is 39.5 Å². The molecule has 5 aliphatic rings. The quantitative estimate of drug-likeness (QED) is 0.652. The highest BCUT2D eigenvalue weighted by Crippen LogP contribution is 2.90. The highest BCUT2D eigenvalue weighted by molar-refractivity contribution is 7.92. The van der Waals surface area contributed by atoms with Crippen LogP contribution in [0.5, 0.6) is 0 Å². The molecule has 0 spiro atoms. The van der Waals surface area contributed by atoms with Crippen LogP contribution in [0.4, 0.5) is 5.69 Å². The Bertz CT molecular complexity index is 1340. The molecule has 7 rings (SSSR count). The first kappa shape index (κ1) is 22.4. The van der Waals surface area contributed by atoms with Crippen molar-refractivity contribution >= 4 is 45.2 Å². The van der Waals surface area contributed by atoms with Gasteiger partial charge in [-0.05, 0) is 64.4 Å². The lowest BCUT2D eigenvalue weighted by Crippen LogP contribution is -2.41. The second kappa shape index (κ2) is 6.39. The molecule has 2 unspecified atom stereocenters. The van der Waals surface area contributed by atoms with E-state index in [4.69, 9.17) is 13.7 Å². The fourth-order valence-corrected chi connectivity index (χ4v) is 6.99. The van der Waals surface area contributed by atoms with Crippen LogP contribution in [0.3, 0.4) is 0 Å². The van der Waals surface area contributed by atoms with E-state index in [0.717, 1.165) is 24.4 Å². The summed E-state index contributed by atoms with van der Waals surface area (Å²) in [5.41, 5.74) is 0.788. The lowest BCUT2D eigenvalue weighted by atomic mass is 9.76. The van der Waals surface area contributed by atoms with Crippen molar-refractivity contribution in [2.24, 2.45) is 17.8 Å². The van der Waals surface area contributed by atoms with Crippen LogP contribution in [-0.4, -0.2) is 53.0 Å². The molecule has 1 aromatic heterocycles. The molecule has 8 nitrogen and oxygen atoms in total. The minimum Gasteiger partial charge on any atom is -0.460 e. The summed E-state index contributed by atoms with van der Waals surface area (Å²) in [6, 6.07) is 3.53. The summed E-state index contributed by atoms with van der Waals surface area (Å²) >= 11 is 0. The van der Waals surface area contributed by atoms with Crippen LogP contribution in [0.15, 0.2) is 16.5 Å². The molecule has 1 aliphatic heterocycles. The van der Waals surface area contributed by atoms with Crippen LogP contribution < -0.4 is 15.1 Å². The average molecular weight is 486 g/mol. The number of rotatable bonds is 5. The van der Waals surface area contributed by atoms with Gasteiger partial charge in [0.2, 0.25) is 10.0 Å². The number of nitrogens with one attached hydrogen (secondary N) is 1. The molecule has 2 bridgehead atoms. The Balaban J connectivity index is 1.57. The molecule has 4 saturated carbocycles. The van der Waals surface area contributed by atoms with Crippen LogP contribution in [0, 0.1) is 17.8 Å². The maximum atomic E-state index is 13.1. The van der Waals surface area contributed by atoms with Crippen LogP contribution in [0.1, 0.15) is 56.7 Å². The zero-order valence-corrected chi connectivity index (χ0v) is 21.5. The van der Waals surface area contributed by atoms with Gasteiger partial charge in [0.1, 0.15) is 11.3 Å². The monoisotopic (exact) mass is 486 g/mol. The first-order valence-electron chi connectivity index (χ1n) is 11.9. The Morgan fingerprint density at radius 2 is 1.76 bits per heavy atom. The van der Waals surface area contributed by atoms with Gasteiger partial charge in [-0.25, -0.2) is 8.42 Å². The molecule has 2 aromatic rings. The first-order chi connectivity index (χ1) is 15.7. The maximum Gasteiger partial charge on any atom is 0.497 e. The summed E-state index contributed by atoms with van der Waals surface area (Å²) in [7, 11) is -1.25. The standard InChI is InChI=1S/C24H31BN2O6S/c1-22(2)23(3,4)33-25(32-22)14-10-13-16(11-15(14)27(6)34(7,29)30)31-20(17(13)21(28)26-5)24-9-8-12-18(24)19(12)24/h10-12,18-19H,8-9H2,1-7H3,(H,26,28). The Morgan fingerprint density at radius 1 is 1.15 bits per heavy atom. The normalized spacial score (nSPS) is 32.1. The van der Waals surface area contributed by atoms with E-state index in [9.17, 15) is 13.2 Å². The predicted octanol–water partition coefficient (Wildman–Crippen LogP) is 2.39. The summed E-state index contributed by atoms with van der Waals surface area (Å²) in [6.07, 6.45) is 3.38. The number of amides is 1. The van der Waals surface area contributed by atoms with E-state index in [1.807, 2.05) is 33.8 Å². The summed E-state index contributed by atoms with van der Waals surface area (Å²) in [6.45, 7) is 7.80. The topological polar surface area (TPSA) is 98.1 Å². The summed E-state index contributed by atoms with van der Waals surface area (Å²) in [5.74, 6) is 2.58. The zero-order valence-electron chi connectivity index (χ0n) is 20.7. The average Bonchev–Trinajstić information content (AvgIpc) is 3.36. The molecule has 2 heterocycles. The molecular formula is C24H31BN2O6S. The van der Waals surface area contributed by atoms with Gasteiger partial charge in [-0.15, -0.1) is 0 Å². The first-order valence-corrected chi connectivity index (χ1v) is 13.7. The third-order valence-electron chi connectivity index (χ3n) is 9.20. The molecule has 2 atom stereocenters. The molecule has 4 aliphatic carbocycles. The number of hydrogen-bond donors (Lipinski definition) is 1. The van der Waals surface area contributed by atoms with Gasteiger partial charge < -0.3 is 19.0 Å². The SMILES string of the molecule is CNC(=O)c1c(C23CCC4C2C43)oc2cc(N(C)S(C)(=O)=O)c(B3OC(C)(C)C(C)(C)O3)cc12. The van der Waals surface area contributed by atoms with Gasteiger partial charge in [0.15, 0.2) is 0 Å². The third kappa shape index (κ3) is 2.67. The fourth-order valence-electron chi connectivity index (χ4n) is 6.47. The molecule has 34 heavy (non-hydrogen) atoms. The molecule has 1 N–H and O–H groups in total. The second-order valence-electron chi connectivity index (χ2n) is 11.4. The number of nitrogens with zero attached hydrogens (tertiary/aromatic N) is 1. The zero-order chi connectivity index (χ0) is 24.6. The van der Waals surface area contributed by atoms with Gasteiger partial charge in [-0.1, -0.05) is 0 Å². The fraction of sp³-hybridized carbons (Fsp3) is 0.625. The Labute approximate surface area is 200 Å². The van der Waals surface area contributed by atoms with Gasteiger partial charge in [0.25, 0.3) is 5.91 Å². The van der Waals surface area contributed by atoms with Crippen molar-refractivity contribution in [1.29, 1.82) is 0 Å². The summed E-state index contributed by atoms with van der Waals surface area (Å²) in [4.78, 5) is 13.1. The highest BCUT2D eigenvalue weighted by Gasteiger charge is 2.89. The molecule has 5 fully saturated rings. The smallest absolute Gasteiger partial charge is 0.460 e. The van der Waals surface area contributed by atoms with Crippen molar-refractivity contribution in [3.8, 4) is 0 Å². The number of fused-ring (bicyclic) bond motifs is 2. The number of furan rings is 1. The van der Waals surface area contributed by atoms with E-state index in [1.54, 1.807) is 13.1 Å². The van der Waals surface area contributed by atoms with Crippen LogP contribution in [-0.2, 0) is 24.7 Å². The van der Waals surface area contributed by atoms with Gasteiger partial charge >= 0.3 is 7.12 Å². The number of carbonyl (C=O) groups excluding carboxylic acids is 1. The van der Waals surface area contributed by atoms with E-state index in [2.05, 4.69) is 5.32 Å². The largest absolute Gasteiger partial charge is 0.497 e. The maximum absolute atomic E-state index is 13.1. The Morgan fingerprint density at radius 3 is 2.26 bits per heavy atom. The van der Waals surface area contributed by atoms with Gasteiger partial charge in [0.05, 0.1) is 28.7 Å². The highest BCUT2D eigenvalue weighted by atomic mass is 32.2. The van der Waals surface area contributed by atoms with Gasteiger partial charge in [-0.3, -0.25) is 9.10 Å². The predicted molar refractivity (Wildman–Crippen MR) is 130 cm³/mol. The molecule has 1 aromatic carbocycles. The summed E-state index contributed by atoms with van der Waals surface area (Å²) in [5, 5.41) is 3.44. The molecule has 1 saturated heterocycles. The second-order valence-corrected chi connectivity index (χ2v) is 13.4. The Hall–Kier alpha value is -2.04. The van der Waals surface area contributed by atoms with Crippen LogP contribution >= 0.6 is 0 Å². The lowest BCUT2D eigenvalue weighted by Gasteiger charge is -2.32. The van der Waals surface area contributed by atoms with Crippen LogP contribution in [0.25, 0.3) is 11.0 Å². The van der Waals surface area contributed by atoms with E-state index >= 15 is 0 Å². The lowest BCUT2D eigenvalue weighted by molar-refractivity contribution is 0.00578. The van der Waals surface area contributed by atoms with E-state index in [-0.39, 0.29) is 11.3 Å². The molecule has 1 amide bonds. The number of hydrogen-bond acceptors (Lipinski definition) is 6. The summed E-state index contributed by atoms with van der Waals surface area (Å²) < 4.78 is 45.3. The molecular weight excluding hydrogens is 455 g/mol.